The second-order valence-corrected chi connectivity index (χ2v) is 18.5. The highest BCUT2D eigenvalue weighted by Gasteiger charge is 2.51. The van der Waals surface area contributed by atoms with Gasteiger partial charge in [-0.25, -0.2) is 0 Å². The third-order valence-electron chi connectivity index (χ3n) is 7.99. The summed E-state index contributed by atoms with van der Waals surface area (Å²) in [4.78, 5) is 48.8. The van der Waals surface area contributed by atoms with Gasteiger partial charge in [0.2, 0.25) is 17.7 Å². The molecule has 0 aromatic rings. The predicted octanol–water partition coefficient (Wildman–Crippen LogP) is 6.32. The topological polar surface area (TPSA) is 97.0 Å². The van der Waals surface area contributed by atoms with Gasteiger partial charge in [-0.15, -0.1) is 6.58 Å². The van der Waals surface area contributed by atoms with Crippen molar-refractivity contribution in [1.29, 1.82) is 0 Å². The van der Waals surface area contributed by atoms with Gasteiger partial charge in [0.1, 0.15) is 0 Å². The summed E-state index contributed by atoms with van der Waals surface area (Å²) in [6.07, 6.45) is 12.8. The van der Waals surface area contributed by atoms with Gasteiger partial charge < -0.3 is 28.6 Å². The zero-order valence-electron chi connectivity index (χ0n) is 30.6. The SMILES string of the molecule is C=C[Si](NCCCC)(NCCCC)NCCCC.CCCCN(C(C)=O)[Si](C)(N(CCCC)C(C)=O)N(CCCC)C(C)=O. The van der Waals surface area contributed by atoms with E-state index in [-0.39, 0.29) is 17.7 Å². The average Bonchev–Trinajstić information content (AvgIpc) is 2.97. The van der Waals surface area contributed by atoms with Crippen molar-refractivity contribution in [3.63, 3.8) is 0 Å². The van der Waals surface area contributed by atoms with E-state index in [0.717, 1.165) is 58.2 Å². The first-order chi connectivity index (χ1) is 20.9. The highest BCUT2D eigenvalue weighted by molar-refractivity contribution is 6.77. The molecule has 3 N–H and O–H groups in total. The van der Waals surface area contributed by atoms with Crippen LogP contribution < -0.4 is 14.9 Å². The van der Waals surface area contributed by atoms with Crippen LogP contribution in [0, 0.1) is 0 Å². The molecular weight excluding hydrogens is 585 g/mol. The fourth-order valence-corrected chi connectivity index (χ4v) is 12.1. The standard InChI is InChI=1S/C19H39N3O3Si.C14H33N3Si/c1-8-11-14-20(17(4)23)26(7,21(18(5)24)15-12-9-2)22(19(6)25)16-13-10-3;1-5-9-12-15-18(8-4,16-13-10-6-2)17-14-11-7-3/h8-16H2,1-7H3;8,15-17H,4-7,9-14H2,1-3H3. The Morgan fingerprint density at radius 3 is 0.977 bits per heavy atom. The molecule has 0 fully saturated rings. The Labute approximate surface area is 274 Å². The normalized spacial score (nSPS) is 11.4. The van der Waals surface area contributed by atoms with Crippen molar-refractivity contribution in [3.8, 4) is 0 Å². The van der Waals surface area contributed by atoms with Crippen LogP contribution in [0.3, 0.4) is 0 Å². The Kier molecular flexibility index (Phi) is 27.0. The minimum atomic E-state index is -2.99. The monoisotopic (exact) mass is 657 g/mol. The summed E-state index contributed by atoms with van der Waals surface area (Å²) in [5, 5.41) is 0. The molecule has 0 saturated carbocycles. The molecule has 0 aromatic carbocycles. The van der Waals surface area contributed by atoms with Gasteiger partial charge in [0.25, 0.3) is 0 Å². The number of amides is 3. The highest BCUT2D eigenvalue weighted by Crippen LogP contribution is 2.24. The second-order valence-electron chi connectivity index (χ2n) is 11.9. The first-order valence-corrected chi connectivity index (χ1v) is 22.1. The lowest BCUT2D eigenvalue weighted by Gasteiger charge is -2.51. The van der Waals surface area contributed by atoms with Crippen LogP contribution in [-0.4, -0.2) is 87.8 Å². The van der Waals surface area contributed by atoms with E-state index in [0.29, 0.717) is 19.6 Å². The number of hydrogen-bond acceptors (Lipinski definition) is 6. The van der Waals surface area contributed by atoms with Crippen molar-refractivity contribution in [2.24, 2.45) is 0 Å². The molecule has 9 nitrogen and oxygen atoms in total. The van der Waals surface area contributed by atoms with Crippen LogP contribution in [0.5, 0.6) is 0 Å². The molecule has 0 unspecified atom stereocenters. The molecule has 0 radical (unpaired) electrons. The minimum absolute atomic E-state index is 0.0573. The van der Waals surface area contributed by atoms with E-state index < -0.39 is 17.1 Å². The summed E-state index contributed by atoms with van der Waals surface area (Å²) in [5.41, 5.74) is 2.11. The number of hydrogen-bond donors (Lipinski definition) is 3. The van der Waals surface area contributed by atoms with Gasteiger partial charge in [0, 0.05) is 40.4 Å². The van der Waals surface area contributed by atoms with Gasteiger partial charge >= 0.3 is 17.1 Å². The van der Waals surface area contributed by atoms with Crippen molar-refractivity contribution in [2.45, 2.75) is 146 Å². The van der Waals surface area contributed by atoms with Crippen LogP contribution in [0.15, 0.2) is 12.3 Å². The van der Waals surface area contributed by atoms with Crippen molar-refractivity contribution in [1.82, 2.24) is 28.6 Å². The number of carbonyl (C=O) groups is 3. The van der Waals surface area contributed by atoms with E-state index in [1.165, 1.54) is 38.5 Å². The van der Waals surface area contributed by atoms with E-state index in [9.17, 15) is 14.4 Å². The van der Waals surface area contributed by atoms with Crippen molar-refractivity contribution >= 4 is 34.8 Å². The number of nitrogens with zero attached hydrogens (tertiary/aromatic N) is 3. The summed E-state index contributed by atoms with van der Waals surface area (Å²) in [7, 11) is -4.85. The van der Waals surface area contributed by atoms with Crippen LogP contribution >= 0.6 is 0 Å². The molecule has 0 spiro atoms. The summed E-state index contributed by atoms with van der Waals surface area (Å²) < 4.78 is 5.51. The van der Waals surface area contributed by atoms with E-state index in [1.54, 1.807) is 20.8 Å². The van der Waals surface area contributed by atoms with Gasteiger partial charge in [-0.3, -0.25) is 14.4 Å². The van der Waals surface area contributed by atoms with Crippen LogP contribution in [0.25, 0.3) is 0 Å². The molecule has 0 aromatic heterocycles. The first kappa shape index (κ1) is 44.6. The molecule has 3 amide bonds. The Hall–Kier alpha value is -1.54. The molecule has 0 bridgehead atoms. The quantitative estimate of drug-likeness (QED) is 0.0786. The summed E-state index contributed by atoms with van der Waals surface area (Å²) in [6, 6.07) is 0. The minimum Gasteiger partial charge on any atom is -0.335 e. The third kappa shape index (κ3) is 16.7. The zero-order valence-corrected chi connectivity index (χ0v) is 32.6. The predicted molar refractivity (Wildman–Crippen MR) is 193 cm³/mol. The lowest BCUT2D eigenvalue weighted by molar-refractivity contribution is -0.130. The van der Waals surface area contributed by atoms with E-state index >= 15 is 0 Å². The molecule has 0 heterocycles. The number of rotatable bonds is 25. The number of carbonyl (C=O) groups excluding carboxylic acids is 3. The van der Waals surface area contributed by atoms with E-state index in [2.05, 4.69) is 68.8 Å². The van der Waals surface area contributed by atoms with Gasteiger partial charge in [-0.1, -0.05) is 85.8 Å². The fourth-order valence-electron chi connectivity index (χ4n) is 5.18. The van der Waals surface area contributed by atoms with E-state index in [1.807, 2.05) is 20.2 Å². The Morgan fingerprint density at radius 1 is 0.545 bits per heavy atom. The molecular formula is C33H72N6O3Si2. The zero-order chi connectivity index (χ0) is 34.0. The molecule has 0 aliphatic carbocycles. The lowest BCUT2D eigenvalue weighted by Crippen LogP contribution is -2.76. The number of unbranched alkanes of at least 4 members (excludes halogenated alkanes) is 6. The van der Waals surface area contributed by atoms with Crippen LogP contribution in [0.1, 0.15) is 139 Å². The van der Waals surface area contributed by atoms with Crippen molar-refractivity contribution in [2.75, 3.05) is 39.3 Å². The molecule has 44 heavy (non-hydrogen) atoms. The Balaban J connectivity index is 0. The molecule has 0 saturated heterocycles. The fraction of sp³-hybridized carbons (Fsp3) is 0.848. The average molecular weight is 657 g/mol. The first-order valence-electron chi connectivity index (χ1n) is 17.7. The maximum Gasteiger partial charge on any atom is 0.383 e. The second kappa shape index (κ2) is 26.7. The molecule has 0 aliphatic heterocycles. The van der Waals surface area contributed by atoms with Crippen LogP contribution in [-0.2, 0) is 14.4 Å². The molecule has 260 valence electrons. The summed E-state index contributed by atoms with van der Waals surface area (Å²) >= 11 is 0. The number of nitrogens with one attached hydrogen (secondary N) is 3. The molecule has 0 rings (SSSR count). The van der Waals surface area contributed by atoms with Gasteiger partial charge in [0.15, 0.2) is 0 Å². The lowest BCUT2D eigenvalue weighted by atomic mass is 10.3. The molecule has 11 heteroatoms. The Bertz CT molecular complexity index is 696. The maximum absolute atomic E-state index is 12.6. The Morgan fingerprint density at radius 2 is 0.795 bits per heavy atom. The van der Waals surface area contributed by atoms with E-state index in [4.69, 9.17) is 0 Å². The summed E-state index contributed by atoms with van der Waals surface area (Å²) in [6.45, 7) is 28.6. The smallest absolute Gasteiger partial charge is 0.335 e. The third-order valence-corrected chi connectivity index (χ3v) is 15.7. The van der Waals surface area contributed by atoms with Crippen molar-refractivity contribution < 1.29 is 14.4 Å². The van der Waals surface area contributed by atoms with Gasteiger partial charge in [0.05, 0.1) is 0 Å². The summed E-state index contributed by atoms with van der Waals surface area (Å²) in [5.74, 6) is -0.172. The highest BCUT2D eigenvalue weighted by atomic mass is 28.4. The van der Waals surface area contributed by atoms with Crippen LogP contribution in [0.2, 0.25) is 6.55 Å². The van der Waals surface area contributed by atoms with Crippen molar-refractivity contribution in [3.05, 3.63) is 12.3 Å². The van der Waals surface area contributed by atoms with Gasteiger partial charge in [-0.05, 0) is 64.7 Å². The van der Waals surface area contributed by atoms with Crippen LogP contribution in [0.4, 0.5) is 0 Å². The maximum atomic E-state index is 12.6. The van der Waals surface area contributed by atoms with Gasteiger partial charge in [-0.2, -0.15) is 0 Å². The molecule has 0 atom stereocenters. The largest absolute Gasteiger partial charge is 0.383 e. The molecule has 0 aliphatic rings.